The first-order valence-corrected chi connectivity index (χ1v) is 8.38. The number of aromatic nitrogens is 2. The molecule has 1 aliphatic heterocycles. The molecule has 3 rings (SSSR count). The van der Waals surface area contributed by atoms with E-state index >= 15 is 0 Å². The molecule has 1 aromatic heterocycles. The number of amides is 1. The van der Waals surface area contributed by atoms with Gasteiger partial charge in [0.15, 0.2) is 0 Å². The second-order valence-corrected chi connectivity index (χ2v) is 6.52. The van der Waals surface area contributed by atoms with Crippen molar-refractivity contribution in [1.82, 2.24) is 20.4 Å². The van der Waals surface area contributed by atoms with Gasteiger partial charge in [0.25, 0.3) is 5.91 Å². The number of hydrogen-bond acceptors (Lipinski definition) is 3. The second kappa shape index (κ2) is 8.72. The maximum Gasteiger partial charge on any atom is 0.254 e. The van der Waals surface area contributed by atoms with Crippen LogP contribution in [0.1, 0.15) is 23.2 Å². The highest BCUT2D eigenvalue weighted by Gasteiger charge is 2.15. The van der Waals surface area contributed by atoms with Gasteiger partial charge in [-0.15, -0.1) is 12.4 Å². The zero-order valence-corrected chi connectivity index (χ0v) is 15.3. The lowest BCUT2D eigenvalue weighted by atomic mass is 10.1. The summed E-state index contributed by atoms with van der Waals surface area (Å²) in [5.74, 6) is 0.540. The van der Waals surface area contributed by atoms with Gasteiger partial charge < -0.3 is 10.6 Å². The Bertz CT molecular complexity index is 698. The third-order valence-electron chi connectivity index (χ3n) is 4.00. The molecule has 1 unspecified atom stereocenters. The molecule has 1 amide bonds. The fraction of sp³-hybridized carbons (Fsp3) is 0.375. The number of benzene rings is 1. The lowest BCUT2D eigenvalue weighted by Gasteiger charge is -2.08. The average molecular weight is 390 g/mol. The fourth-order valence-electron chi connectivity index (χ4n) is 2.69. The molecular weight excluding hydrogens is 371 g/mol. The molecule has 0 saturated carbocycles. The smallest absolute Gasteiger partial charge is 0.254 e. The maximum absolute atomic E-state index is 12.2. The maximum atomic E-state index is 12.2. The molecule has 0 aliphatic carbocycles. The molecule has 130 valence electrons. The molecule has 0 bridgehead atoms. The molecule has 1 atom stereocenters. The van der Waals surface area contributed by atoms with Crippen LogP contribution in [0.4, 0.5) is 0 Å². The Morgan fingerprint density at radius 1 is 1.42 bits per heavy atom. The molecule has 1 saturated heterocycles. The lowest BCUT2D eigenvalue weighted by molar-refractivity contribution is 0.0951. The van der Waals surface area contributed by atoms with Crippen LogP contribution in [0.3, 0.4) is 0 Å². The number of nitrogens with zero attached hydrogens (tertiary/aromatic N) is 2. The topological polar surface area (TPSA) is 59.0 Å². The molecule has 8 heteroatoms. The van der Waals surface area contributed by atoms with Crippen molar-refractivity contribution in [3.8, 4) is 5.69 Å². The number of rotatable bonds is 5. The summed E-state index contributed by atoms with van der Waals surface area (Å²) < 4.78 is 1.58. The first-order chi connectivity index (χ1) is 11.1. The number of hydrogen-bond donors (Lipinski definition) is 2. The van der Waals surface area contributed by atoms with E-state index in [9.17, 15) is 4.79 Å². The molecule has 2 heterocycles. The Labute approximate surface area is 157 Å². The van der Waals surface area contributed by atoms with Crippen molar-refractivity contribution >= 4 is 41.5 Å². The Kier molecular flexibility index (Phi) is 6.92. The fourth-order valence-corrected chi connectivity index (χ4v) is 3.19. The number of nitrogens with one attached hydrogen (secondary N) is 2. The van der Waals surface area contributed by atoms with E-state index in [1.54, 1.807) is 29.1 Å². The summed E-state index contributed by atoms with van der Waals surface area (Å²) >= 11 is 12.0. The van der Waals surface area contributed by atoms with Crippen LogP contribution < -0.4 is 10.6 Å². The molecule has 1 fully saturated rings. The van der Waals surface area contributed by atoms with Crippen molar-refractivity contribution in [1.29, 1.82) is 0 Å². The van der Waals surface area contributed by atoms with E-state index in [2.05, 4.69) is 15.7 Å². The molecule has 24 heavy (non-hydrogen) atoms. The van der Waals surface area contributed by atoms with Gasteiger partial charge in [0, 0.05) is 17.8 Å². The van der Waals surface area contributed by atoms with Gasteiger partial charge in [0.05, 0.1) is 22.5 Å². The molecule has 2 N–H and O–H groups in total. The Balaban J connectivity index is 0.00000208. The van der Waals surface area contributed by atoms with Gasteiger partial charge in [-0.2, -0.15) is 5.10 Å². The third kappa shape index (κ3) is 4.63. The van der Waals surface area contributed by atoms with Gasteiger partial charge in [0.1, 0.15) is 0 Å². The first-order valence-electron chi connectivity index (χ1n) is 7.62. The van der Waals surface area contributed by atoms with E-state index in [0.717, 1.165) is 19.5 Å². The predicted octanol–water partition coefficient (Wildman–Crippen LogP) is 3.33. The monoisotopic (exact) mass is 388 g/mol. The van der Waals surface area contributed by atoms with E-state index in [1.165, 1.54) is 12.6 Å². The second-order valence-electron chi connectivity index (χ2n) is 5.67. The highest BCUT2D eigenvalue weighted by atomic mass is 35.5. The summed E-state index contributed by atoms with van der Waals surface area (Å²) in [4.78, 5) is 12.2. The number of carbonyl (C=O) groups excluding carboxylic acids is 1. The molecule has 0 spiro atoms. The summed E-state index contributed by atoms with van der Waals surface area (Å²) in [6.07, 6.45) is 5.39. The van der Waals surface area contributed by atoms with E-state index in [-0.39, 0.29) is 18.3 Å². The average Bonchev–Trinajstić information content (AvgIpc) is 3.18. The van der Waals surface area contributed by atoms with Crippen molar-refractivity contribution in [3.05, 3.63) is 46.2 Å². The predicted molar refractivity (Wildman–Crippen MR) is 98.8 cm³/mol. The summed E-state index contributed by atoms with van der Waals surface area (Å²) in [7, 11) is 0. The standard InChI is InChI=1S/C16H18Cl2N4O.ClH/c17-13-1-2-15(14(18)7-13)22-10-12(9-21-22)16(23)20-6-4-11-3-5-19-8-11;/h1-2,7,9-11,19H,3-6,8H2,(H,20,23);1H. The Morgan fingerprint density at radius 2 is 2.25 bits per heavy atom. The van der Waals surface area contributed by atoms with Crippen molar-refractivity contribution in [2.75, 3.05) is 19.6 Å². The molecule has 0 radical (unpaired) electrons. The summed E-state index contributed by atoms with van der Waals surface area (Å²) in [5, 5.41) is 11.5. The van der Waals surface area contributed by atoms with Crippen LogP contribution in [0.15, 0.2) is 30.6 Å². The van der Waals surface area contributed by atoms with Crippen molar-refractivity contribution in [2.24, 2.45) is 5.92 Å². The molecular formula is C16H19Cl3N4O. The highest BCUT2D eigenvalue weighted by molar-refractivity contribution is 6.35. The number of halogens is 3. The quantitative estimate of drug-likeness (QED) is 0.824. The zero-order chi connectivity index (χ0) is 16.2. The third-order valence-corrected chi connectivity index (χ3v) is 4.54. The Hall–Kier alpha value is -1.27. The lowest BCUT2D eigenvalue weighted by Crippen LogP contribution is -2.26. The largest absolute Gasteiger partial charge is 0.352 e. The van der Waals surface area contributed by atoms with Gasteiger partial charge in [-0.25, -0.2) is 4.68 Å². The van der Waals surface area contributed by atoms with Crippen LogP contribution in [0.5, 0.6) is 0 Å². The minimum Gasteiger partial charge on any atom is -0.352 e. The summed E-state index contributed by atoms with van der Waals surface area (Å²) in [6.45, 7) is 2.80. The van der Waals surface area contributed by atoms with Crippen LogP contribution >= 0.6 is 35.6 Å². The van der Waals surface area contributed by atoms with E-state index in [0.29, 0.717) is 33.8 Å². The normalized spacial score (nSPS) is 16.7. The van der Waals surface area contributed by atoms with Gasteiger partial charge in [-0.3, -0.25) is 4.79 Å². The van der Waals surface area contributed by atoms with Gasteiger partial charge in [-0.1, -0.05) is 23.2 Å². The van der Waals surface area contributed by atoms with Gasteiger partial charge in [-0.05, 0) is 50.0 Å². The minimum absolute atomic E-state index is 0. The van der Waals surface area contributed by atoms with Crippen molar-refractivity contribution in [2.45, 2.75) is 12.8 Å². The Morgan fingerprint density at radius 3 is 2.96 bits per heavy atom. The van der Waals surface area contributed by atoms with Crippen LogP contribution in [0.25, 0.3) is 5.69 Å². The van der Waals surface area contributed by atoms with Crippen LogP contribution in [0, 0.1) is 5.92 Å². The van der Waals surface area contributed by atoms with Gasteiger partial charge in [0.2, 0.25) is 0 Å². The summed E-state index contributed by atoms with van der Waals surface area (Å²) in [5.41, 5.74) is 1.20. The minimum atomic E-state index is -0.118. The van der Waals surface area contributed by atoms with Crippen molar-refractivity contribution < 1.29 is 4.79 Å². The van der Waals surface area contributed by atoms with Crippen molar-refractivity contribution in [3.63, 3.8) is 0 Å². The van der Waals surface area contributed by atoms with E-state index in [1.807, 2.05) is 0 Å². The highest BCUT2D eigenvalue weighted by Crippen LogP contribution is 2.24. The van der Waals surface area contributed by atoms with E-state index in [4.69, 9.17) is 23.2 Å². The molecule has 1 aliphatic rings. The van der Waals surface area contributed by atoms with Crippen LogP contribution in [-0.4, -0.2) is 35.3 Å². The SMILES string of the molecule is Cl.O=C(NCCC1CCNC1)c1cnn(-c2ccc(Cl)cc2Cl)c1. The van der Waals surface area contributed by atoms with Gasteiger partial charge >= 0.3 is 0 Å². The molecule has 1 aromatic carbocycles. The number of carbonyl (C=O) groups is 1. The van der Waals surface area contributed by atoms with Crippen LogP contribution in [-0.2, 0) is 0 Å². The summed E-state index contributed by atoms with van der Waals surface area (Å²) in [6, 6.07) is 5.15. The molecule has 5 nitrogen and oxygen atoms in total. The molecule has 2 aromatic rings. The van der Waals surface area contributed by atoms with Crippen LogP contribution in [0.2, 0.25) is 10.0 Å². The zero-order valence-electron chi connectivity index (χ0n) is 13.0. The van der Waals surface area contributed by atoms with E-state index < -0.39 is 0 Å². The first kappa shape index (κ1) is 19.1.